The molecule has 2 aliphatic carbocycles. The summed E-state index contributed by atoms with van der Waals surface area (Å²) < 4.78 is 6.32. The van der Waals surface area contributed by atoms with Crippen LogP contribution in [0.1, 0.15) is 110 Å². The summed E-state index contributed by atoms with van der Waals surface area (Å²) >= 11 is 6.51. The first-order valence-electron chi connectivity index (χ1n) is 13.7. The molecule has 1 aliphatic heterocycles. The average molecular weight is 512 g/mol. The van der Waals surface area contributed by atoms with E-state index in [1.165, 1.54) is 25.7 Å². The van der Waals surface area contributed by atoms with Crippen molar-refractivity contribution in [3.8, 4) is 5.75 Å². The molecule has 36 heavy (non-hydrogen) atoms. The van der Waals surface area contributed by atoms with Gasteiger partial charge in [0.05, 0.1) is 6.61 Å². The zero-order valence-electron chi connectivity index (χ0n) is 22.7. The first-order valence-corrected chi connectivity index (χ1v) is 14.1. The van der Waals surface area contributed by atoms with Gasteiger partial charge in [0.15, 0.2) is 11.6 Å². The van der Waals surface area contributed by atoms with E-state index in [1.54, 1.807) is 0 Å². The van der Waals surface area contributed by atoms with E-state index >= 15 is 0 Å². The third kappa shape index (κ3) is 5.90. The smallest absolute Gasteiger partial charge is 0.162 e. The van der Waals surface area contributed by atoms with Crippen molar-refractivity contribution in [3.63, 3.8) is 0 Å². The molecule has 0 atom stereocenters. The number of hydrogen-bond acceptors (Lipinski definition) is 4. The Morgan fingerprint density at radius 3 is 2.00 bits per heavy atom. The summed E-state index contributed by atoms with van der Waals surface area (Å²) in [6, 6.07) is 5.65. The van der Waals surface area contributed by atoms with Crippen LogP contribution in [0.3, 0.4) is 0 Å². The van der Waals surface area contributed by atoms with E-state index in [4.69, 9.17) is 16.3 Å². The number of ether oxygens (including phenoxy) is 1. The molecule has 0 bridgehead atoms. The molecular weight excluding hydrogens is 470 g/mol. The minimum absolute atomic E-state index is 0.116. The van der Waals surface area contributed by atoms with Gasteiger partial charge in [-0.15, -0.1) is 0 Å². The topological polar surface area (TPSA) is 55.4 Å². The zero-order valence-corrected chi connectivity index (χ0v) is 23.4. The van der Waals surface area contributed by atoms with Crippen molar-refractivity contribution in [3.05, 3.63) is 51.3 Å². The van der Waals surface area contributed by atoms with Gasteiger partial charge in [-0.05, 0) is 48.3 Å². The number of rotatable bonds is 9. The zero-order chi connectivity index (χ0) is 26.1. The molecule has 0 saturated heterocycles. The van der Waals surface area contributed by atoms with Crippen LogP contribution in [0, 0.1) is 10.8 Å². The van der Waals surface area contributed by atoms with Gasteiger partial charge >= 0.3 is 0 Å². The van der Waals surface area contributed by atoms with Crippen LogP contribution in [0.5, 0.6) is 5.75 Å². The third-order valence-corrected chi connectivity index (χ3v) is 7.99. The molecule has 4 nitrogen and oxygen atoms in total. The highest BCUT2D eigenvalue weighted by Crippen LogP contribution is 2.52. The number of unbranched alkanes of at least 4 members (excludes halogenated alkanes) is 5. The van der Waals surface area contributed by atoms with E-state index in [0.29, 0.717) is 24.5 Å². The highest BCUT2D eigenvalue weighted by atomic mass is 35.5. The average Bonchev–Trinajstić information content (AvgIpc) is 2.76. The van der Waals surface area contributed by atoms with Crippen molar-refractivity contribution in [2.45, 2.75) is 105 Å². The normalized spacial score (nSPS) is 21.3. The van der Waals surface area contributed by atoms with E-state index in [-0.39, 0.29) is 22.4 Å². The summed E-state index contributed by atoms with van der Waals surface area (Å²) in [4.78, 5) is 27.2. The Balaban J connectivity index is 1.71. The highest BCUT2D eigenvalue weighted by Gasteiger charge is 2.47. The number of carbonyl (C=O) groups is 2. The minimum atomic E-state index is -0.429. The number of allylic oxidation sites excluding steroid dienone is 4. The van der Waals surface area contributed by atoms with Crippen LogP contribution in [-0.4, -0.2) is 18.2 Å². The lowest BCUT2D eigenvalue weighted by Crippen LogP contribution is -2.42. The summed E-state index contributed by atoms with van der Waals surface area (Å²) in [5.74, 6) is 0.532. The maximum Gasteiger partial charge on any atom is 0.162 e. The van der Waals surface area contributed by atoms with Gasteiger partial charge < -0.3 is 10.1 Å². The summed E-state index contributed by atoms with van der Waals surface area (Å²) in [6.45, 7) is 11.4. The Morgan fingerprint density at radius 1 is 0.861 bits per heavy atom. The third-order valence-electron chi connectivity index (χ3n) is 7.76. The quantitative estimate of drug-likeness (QED) is 0.341. The first kappa shape index (κ1) is 27.0. The lowest BCUT2D eigenvalue weighted by atomic mass is 9.64. The molecule has 0 aromatic heterocycles. The number of dihydropyridines is 1. The lowest BCUT2D eigenvalue weighted by Gasteiger charge is -2.44. The van der Waals surface area contributed by atoms with E-state index in [2.05, 4.69) is 39.9 Å². The Kier molecular flexibility index (Phi) is 8.04. The minimum Gasteiger partial charge on any atom is -0.493 e. The monoisotopic (exact) mass is 511 g/mol. The Morgan fingerprint density at radius 2 is 1.42 bits per heavy atom. The standard InChI is InChI=1S/C31H42ClNO3/c1-6-7-8-9-10-11-14-36-26-13-12-20(32)15-21(26)27-28-22(16-30(2,3)18-24(28)34)33-23-17-31(4,5)19-25(35)29(23)27/h12-13,15,27,33H,6-11,14,16-19H2,1-5H3. The SMILES string of the molecule is CCCCCCCCOc1ccc(Cl)cc1C1C2=C(CC(C)(C)CC2=O)NC2=C1C(=O)CC(C)(C)C2. The first-order chi connectivity index (χ1) is 17.0. The summed E-state index contributed by atoms with van der Waals surface area (Å²) in [7, 11) is 0. The number of carbonyl (C=O) groups excluding carboxylic acids is 2. The molecule has 1 heterocycles. The molecule has 5 heteroatoms. The lowest BCUT2D eigenvalue weighted by molar-refractivity contribution is -0.119. The molecule has 1 N–H and O–H groups in total. The van der Waals surface area contributed by atoms with Crippen LogP contribution in [0.25, 0.3) is 0 Å². The molecule has 0 spiro atoms. The van der Waals surface area contributed by atoms with Crippen molar-refractivity contribution >= 4 is 23.2 Å². The number of Topliss-reactive ketones (excluding diaryl/α,β-unsaturated/α-hetero) is 2. The van der Waals surface area contributed by atoms with Crippen molar-refractivity contribution in [2.75, 3.05) is 6.61 Å². The molecule has 0 unspecified atom stereocenters. The van der Waals surface area contributed by atoms with Crippen molar-refractivity contribution in [1.29, 1.82) is 0 Å². The van der Waals surface area contributed by atoms with E-state index in [9.17, 15) is 9.59 Å². The fraction of sp³-hybridized carbons (Fsp3) is 0.613. The second-order valence-corrected chi connectivity index (χ2v) is 13.0. The largest absolute Gasteiger partial charge is 0.493 e. The number of halogens is 1. The van der Waals surface area contributed by atoms with Gasteiger partial charge in [-0.2, -0.15) is 0 Å². The number of benzene rings is 1. The van der Waals surface area contributed by atoms with Gasteiger partial charge in [0, 0.05) is 51.9 Å². The summed E-state index contributed by atoms with van der Waals surface area (Å²) in [6.07, 6.45) is 9.65. The maximum absolute atomic E-state index is 13.6. The van der Waals surface area contributed by atoms with Crippen molar-refractivity contribution in [2.24, 2.45) is 10.8 Å². The van der Waals surface area contributed by atoms with E-state index < -0.39 is 5.92 Å². The second kappa shape index (κ2) is 10.7. The van der Waals surface area contributed by atoms with E-state index in [1.807, 2.05) is 18.2 Å². The van der Waals surface area contributed by atoms with Gasteiger partial charge in [-0.1, -0.05) is 78.3 Å². The predicted octanol–water partition coefficient (Wildman–Crippen LogP) is 8.05. The second-order valence-electron chi connectivity index (χ2n) is 12.5. The number of ketones is 2. The summed E-state index contributed by atoms with van der Waals surface area (Å²) in [5.41, 5.74) is 3.99. The maximum atomic E-state index is 13.6. The molecule has 0 radical (unpaired) electrons. The Labute approximate surface area is 221 Å². The van der Waals surface area contributed by atoms with Crippen LogP contribution >= 0.6 is 11.6 Å². The van der Waals surface area contributed by atoms with Crippen LogP contribution in [0.15, 0.2) is 40.7 Å². The summed E-state index contributed by atoms with van der Waals surface area (Å²) in [5, 5.41) is 4.17. The molecule has 0 amide bonds. The molecule has 0 fully saturated rings. The van der Waals surface area contributed by atoms with Gasteiger partial charge in [-0.25, -0.2) is 0 Å². The van der Waals surface area contributed by atoms with Gasteiger partial charge in [0.25, 0.3) is 0 Å². The predicted molar refractivity (Wildman–Crippen MR) is 146 cm³/mol. The van der Waals surface area contributed by atoms with Crippen LogP contribution in [0.2, 0.25) is 5.02 Å². The molecule has 0 saturated carbocycles. The Hall–Kier alpha value is -2.07. The molecule has 1 aromatic rings. The van der Waals surface area contributed by atoms with Crippen molar-refractivity contribution < 1.29 is 14.3 Å². The van der Waals surface area contributed by atoms with Crippen molar-refractivity contribution in [1.82, 2.24) is 5.32 Å². The van der Waals surface area contributed by atoms with Gasteiger partial charge in [0.1, 0.15) is 5.75 Å². The molecular formula is C31H42ClNO3. The fourth-order valence-electron chi connectivity index (χ4n) is 6.14. The molecule has 4 rings (SSSR count). The number of nitrogens with one attached hydrogen (secondary N) is 1. The highest BCUT2D eigenvalue weighted by molar-refractivity contribution is 6.30. The van der Waals surface area contributed by atoms with Crippen LogP contribution in [0.4, 0.5) is 0 Å². The molecule has 196 valence electrons. The van der Waals surface area contributed by atoms with Crippen LogP contribution < -0.4 is 10.1 Å². The number of hydrogen-bond donors (Lipinski definition) is 1. The molecule has 1 aromatic carbocycles. The van der Waals surface area contributed by atoms with Crippen LogP contribution in [-0.2, 0) is 9.59 Å². The Bertz CT molecular complexity index is 1040. The fourth-order valence-corrected chi connectivity index (χ4v) is 6.32. The molecule has 3 aliphatic rings. The van der Waals surface area contributed by atoms with Gasteiger partial charge in [0.2, 0.25) is 0 Å². The van der Waals surface area contributed by atoms with E-state index in [0.717, 1.165) is 59.5 Å². The van der Waals surface area contributed by atoms with Gasteiger partial charge in [-0.3, -0.25) is 9.59 Å².